The minimum Gasteiger partial charge on any atom is -0.387 e. The Morgan fingerprint density at radius 1 is 1.12 bits per heavy atom. The van der Waals surface area contributed by atoms with Crippen LogP contribution < -0.4 is 5.56 Å². The molecule has 2 heterocycles. The topological polar surface area (TPSA) is 61.4 Å². The first-order chi connectivity index (χ1) is 15.8. The Balaban J connectivity index is 1.83. The molecule has 0 atom stereocenters. The largest absolute Gasteiger partial charge is 0.387 e. The smallest absolute Gasteiger partial charge is 0.255 e. The van der Waals surface area contributed by atoms with E-state index >= 15 is 0 Å². The molecule has 168 valence electrons. The normalized spacial score (nSPS) is 11.6. The molecule has 0 bridgehead atoms. The quantitative estimate of drug-likeness (QED) is 0.279. The molecule has 0 aliphatic heterocycles. The summed E-state index contributed by atoms with van der Waals surface area (Å²) < 4.78 is 31.2. The van der Waals surface area contributed by atoms with Crippen molar-refractivity contribution in [3.05, 3.63) is 116 Å². The lowest BCUT2D eigenvalue weighted by Gasteiger charge is -2.13. The van der Waals surface area contributed by atoms with Crippen LogP contribution in [-0.2, 0) is 18.5 Å². The number of hydrogen-bond donors (Lipinski definition) is 0. The molecule has 0 fully saturated rings. The minimum absolute atomic E-state index is 0.00575. The molecular formula is C23H16Cl2F2N4O2. The highest BCUT2D eigenvalue weighted by Gasteiger charge is 2.17. The van der Waals surface area contributed by atoms with Crippen LogP contribution in [0.5, 0.6) is 0 Å². The Kier molecular flexibility index (Phi) is 6.57. The van der Waals surface area contributed by atoms with Crippen LogP contribution >= 0.6 is 23.2 Å². The number of hydrogen-bond acceptors (Lipinski definition) is 4. The molecule has 2 aromatic heterocycles. The molecule has 6 nitrogen and oxygen atoms in total. The van der Waals surface area contributed by atoms with Crippen LogP contribution in [0.1, 0.15) is 17.0 Å². The Morgan fingerprint density at radius 3 is 2.55 bits per heavy atom. The van der Waals surface area contributed by atoms with E-state index in [-0.39, 0.29) is 33.6 Å². The van der Waals surface area contributed by atoms with E-state index in [1.54, 1.807) is 42.2 Å². The number of aryl methyl sites for hydroxylation is 1. The van der Waals surface area contributed by atoms with Crippen molar-refractivity contribution in [1.29, 1.82) is 0 Å². The Hall–Kier alpha value is -3.49. The summed E-state index contributed by atoms with van der Waals surface area (Å²) in [6.45, 7) is 0.00575. The zero-order valence-electron chi connectivity index (χ0n) is 17.2. The third kappa shape index (κ3) is 4.81. The zero-order chi connectivity index (χ0) is 23.5. The maximum Gasteiger partial charge on any atom is 0.255 e. The number of para-hydroxylation sites is 1. The lowest BCUT2D eigenvalue weighted by Crippen LogP contribution is -2.20. The summed E-state index contributed by atoms with van der Waals surface area (Å²) in [4.78, 5) is 22.2. The first-order valence-electron chi connectivity index (χ1n) is 9.64. The number of halogens is 4. The van der Waals surface area contributed by atoms with E-state index in [0.29, 0.717) is 11.4 Å². The number of oxime groups is 1. The molecule has 0 spiro atoms. The van der Waals surface area contributed by atoms with Gasteiger partial charge in [0.2, 0.25) is 0 Å². The minimum atomic E-state index is -0.845. The van der Waals surface area contributed by atoms with Gasteiger partial charge in [-0.3, -0.25) is 9.36 Å². The van der Waals surface area contributed by atoms with Crippen molar-refractivity contribution >= 4 is 28.9 Å². The van der Waals surface area contributed by atoms with E-state index in [1.807, 2.05) is 0 Å². The van der Waals surface area contributed by atoms with Crippen LogP contribution in [0, 0.1) is 11.6 Å². The molecule has 0 aliphatic carbocycles. The van der Waals surface area contributed by atoms with Crippen LogP contribution in [0.25, 0.3) is 5.69 Å². The number of benzene rings is 2. The third-order valence-corrected chi connectivity index (χ3v) is 5.43. The average molecular weight is 489 g/mol. The summed E-state index contributed by atoms with van der Waals surface area (Å²) in [6.07, 6.45) is 4.76. The first kappa shape index (κ1) is 22.7. The molecule has 4 aromatic rings. The van der Waals surface area contributed by atoms with Gasteiger partial charge in [0.25, 0.3) is 5.56 Å². The van der Waals surface area contributed by atoms with Gasteiger partial charge in [-0.05, 0) is 30.3 Å². The molecule has 4 rings (SSSR count). The van der Waals surface area contributed by atoms with Gasteiger partial charge in [0, 0.05) is 48.9 Å². The summed E-state index contributed by atoms with van der Waals surface area (Å²) in [5, 5.41) is 4.60. The second-order valence-electron chi connectivity index (χ2n) is 6.99. The molecule has 33 heavy (non-hydrogen) atoms. The molecule has 0 radical (unpaired) electrons. The van der Waals surface area contributed by atoms with E-state index in [1.165, 1.54) is 29.0 Å². The number of nitrogens with zero attached hydrogens (tertiary/aromatic N) is 4. The van der Waals surface area contributed by atoms with Crippen molar-refractivity contribution in [2.24, 2.45) is 12.2 Å². The standard InChI is InChI=1S/C23H16Cl2F2N4O2/c1-30-10-9-28-20(30)13-33-29-22(16-7-6-15(26)11-19(16)27)14-5-8-21(32)31(12-14)23-17(24)3-2-4-18(23)25/h2-12H,13H2,1H3. The van der Waals surface area contributed by atoms with Gasteiger partial charge in [0.1, 0.15) is 23.2 Å². The highest BCUT2D eigenvalue weighted by Crippen LogP contribution is 2.28. The van der Waals surface area contributed by atoms with E-state index in [4.69, 9.17) is 28.0 Å². The monoisotopic (exact) mass is 488 g/mol. The highest BCUT2D eigenvalue weighted by molar-refractivity contribution is 6.37. The van der Waals surface area contributed by atoms with Gasteiger partial charge in [-0.1, -0.05) is 34.4 Å². The second kappa shape index (κ2) is 9.56. The van der Waals surface area contributed by atoms with Crippen LogP contribution in [0.15, 0.2) is 77.1 Å². The van der Waals surface area contributed by atoms with E-state index in [0.717, 1.165) is 12.1 Å². The molecule has 2 aromatic carbocycles. The summed E-state index contributed by atoms with van der Waals surface area (Å²) >= 11 is 12.5. The van der Waals surface area contributed by atoms with Gasteiger partial charge in [-0.15, -0.1) is 0 Å². The Labute approximate surface area is 197 Å². The summed E-state index contributed by atoms with van der Waals surface area (Å²) in [7, 11) is 1.79. The Bertz CT molecular complexity index is 1400. The predicted octanol–water partition coefficient (Wildman–Crippen LogP) is 5.13. The van der Waals surface area contributed by atoms with Gasteiger partial charge < -0.3 is 9.40 Å². The van der Waals surface area contributed by atoms with Crippen molar-refractivity contribution in [3.8, 4) is 5.69 Å². The van der Waals surface area contributed by atoms with Gasteiger partial charge >= 0.3 is 0 Å². The number of imidazole rings is 1. The summed E-state index contributed by atoms with van der Waals surface area (Å²) in [6, 6.07) is 10.6. The molecule has 0 saturated carbocycles. The van der Waals surface area contributed by atoms with Crippen LogP contribution in [0.2, 0.25) is 10.0 Å². The molecule has 0 aliphatic rings. The molecule has 0 N–H and O–H groups in total. The molecule has 0 unspecified atom stereocenters. The van der Waals surface area contributed by atoms with Crippen LogP contribution in [0.3, 0.4) is 0 Å². The summed E-state index contributed by atoms with van der Waals surface area (Å²) in [5.41, 5.74) is 0.184. The molecular weight excluding hydrogens is 473 g/mol. The average Bonchev–Trinajstić information content (AvgIpc) is 3.18. The van der Waals surface area contributed by atoms with Crippen molar-refractivity contribution in [3.63, 3.8) is 0 Å². The molecule has 10 heteroatoms. The van der Waals surface area contributed by atoms with E-state index in [9.17, 15) is 13.6 Å². The second-order valence-corrected chi connectivity index (χ2v) is 7.80. The van der Waals surface area contributed by atoms with Crippen molar-refractivity contribution in [2.45, 2.75) is 6.61 Å². The van der Waals surface area contributed by atoms with E-state index in [2.05, 4.69) is 10.1 Å². The zero-order valence-corrected chi connectivity index (χ0v) is 18.7. The maximum atomic E-state index is 14.7. The van der Waals surface area contributed by atoms with Crippen molar-refractivity contribution < 1.29 is 13.6 Å². The van der Waals surface area contributed by atoms with Gasteiger partial charge in [-0.2, -0.15) is 0 Å². The lowest BCUT2D eigenvalue weighted by molar-refractivity contribution is 0.123. The highest BCUT2D eigenvalue weighted by atomic mass is 35.5. The van der Waals surface area contributed by atoms with Gasteiger partial charge in [0.05, 0.1) is 15.7 Å². The van der Waals surface area contributed by atoms with Crippen molar-refractivity contribution in [1.82, 2.24) is 14.1 Å². The maximum absolute atomic E-state index is 14.7. The van der Waals surface area contributed by atoms with Crippen LogP contribution in [-0.4, -0.2) is 19.8 Å². The third-order valence-electron chi connectivity index (χ3n) is 4.82. The van der Waals surface area contributed by atoms with Crippen LogP contribution in [0.4, 0.5) is 8.78 Å². The number of rotatable bonds is 6. The van der Waals surface area contributed by atoms with Crippen molar-refractivity contribution in [2.75, 3.05) is 0 Å². The number of aromatic nitrogens is 3. The molecule has 0 amide bonds. The summed E-state index contributed by atoms with van der Waals surface area (Å²) in [5.74, 6) is -0.995. The van der Waals surface area contributed by atoms with Gasteiger partial charge in [-0.25, -0.2) is 13.8 Å². The predicted molar refractivity (Wildman–Crippen MR) is 122 cm³/mol. The van der Waals surface area contributed by atoms with Gasteiger partial charge in [0.15, 0.2) is 6.61 Å². The Morgan fingerprint density at radius 2 is 1.88 bits per heavy atom. The molecule has 0 saturated heterocycles. The number of pyridine rings is 1. The SMILES string of the molecule is Cn1ccnc1CON=C(c1ccc(=O)n(-c2c(Cl)cccc2Cl)c1)c1ccc(F)cc1F. The van der Waals surface area contributed by atoms with E-state index < -0.39 is 17.2 Å². The fourth-order valence-electron chi connectivity index (χ4n) is 3.15. The fourth-order valence-corrected chi connectivity index (χ4v) is 3.73. The lowest BCUT2D eigenvalue weighted by atomic mass is 10.0. The fraction of sp³-hybridized carbons (Fsp3) is 0.0870. The first-order valence-corrected chi connectivity index (χ1v) is 10.4.